The summed E-state index contributed by atoms with van der Waals surface area (Å²) < 4.78 is 25.6. The van der Waals surface area contributed by atoms with Crippen molar-refractivity contribution >= 4 is 10.8 Å². The van der Waals surface area contributed by atoms with Crippen molar-refractivity contribution in [2.75, 3.05) is 6.61 Å². The summed E-state index contributed by atoms with van der Waals surface area (Å²) in [5.74, 6) is 0.520. The lowest BCUT2D eigenvalue weighted by Gasteiger charge is -2.11. The molecule has 1 aliphatic carbocycles. The van der Waals surface area contributed by atoms with E-state index in [0.717, 1.165) is 51.4 Å². The number of hydrogen-bond acceptors (Lipinski definition) is 3. The predicted molar refractivity (Wildman–Crippen MR) is 93.3 cm³/mol. The summed E-state index contributed by atoms with van der Waals surface area (Å²) >= 11 is 0. The van der Waals surface area contributed by atoms with Gasteiger partial charge in [-0.15, -0.1) is 0 Å². The predicted octanol–water partition coefficient (Wildman–Crippen LogP) is 5.55. The molecule has 2 aromatic rings. The molecule has 4 heteroatoms. The molecule has 0 unspecified atom stereocenters. The smallest absolute Gasteiger partial charge is 0.346 e. The molecule has 0 spiro atoms. The maximum Gasteiger partial charge on any atom is 0.346 e. The van der Waals surface area contributed by atoms with Crippen LogP contribution in [0, 0.1) is 5.82 Å². The minimum atomic E-state index is -0.602. The van der Waals surface area contributed by atoms with Crippen LogP contribution >= 0.6 is 0 Å². The molecule has 1 saturated carbocycles. The lowest BCUT2D eigenvalue weighted by molar-refractivity contribution is 0.291. The fourth-order valence-electron chi connectivity index (χ4n) is 3.47. The zero-order valence-electron chi connectivity index (χ0n) is 14.3. The van der Waals surface area contributed by atoms with Gasteiger partial charge in [0.1, 0.15) is 11.1 Å². The molecule has 0 amide bonds. The van der Waals surface area contributed by atoms with E-state index < -0.39 is 11.4 Å². The van der Waals surface area contributed by atoms with E-state index in [9.17, 15) is 9.18 Å². The standard InChI is InChI=1S/C20H25FO3/c1-2-3-4-7-12-23-16-11-10-15-13-17(14-8-5-6-9-14)24-20(22)18(15)19(16)21/h10-11,13-14H,2-9,12H2,1H3. The van der Waals surface area contributed by atoms with Crippen LogP contribution in [-0.4, -0.2) is 6.61 Å². The van der Waals surface area contributed by atoms with Crippen LogP contribution in [0.15, 0.2) is 27.4 Å². The van der Waals surface area contributed by atoms with Gasteiger partial charge in [-0.25, -0.2) is 9.18 Å². The highest BCUT2D eigenvalue weighted by Crippen LogP contribution is 2.35. The minimum absolute atomic E-state index is 0.00260. The van der Waals surface area contributed by atoms with Crippen LogP contribution in [-0.2, 0) is 0 Å². The molecule has 0 bridgehead atoms. The minimum Gasteiger partial charge on any atom is -0.490 e. The Balaban J connectivity index is 1.82. The van der Waals surface area contributed by atoms with E-state index in [0.29, 0.717) is 23.7 Å². The summed E-state index contributed by atoms with van der Waals surface area (Å²) in [5, 5.41) is 0.604. The van der Waals surface area contributed by atoms with Gasteiger partial charge in [-0.3, -0.25) is 0 Å². The second kappa shape index (κ2) is 7.82. The highest BCUT2D eigenvalue weighted by molar-refractivity contribution is 5.83. The number of benzene rings is 1. The topological polar surface area (TPSA) is 39.4 Å². The molecule has 24 heavy (non-hydrogen) atoms. The Bertz CT molecular complexity index is 744. The van der Waals surface area contributed by atoms with Gasteiger partial charge in [-0.2, -0.15) is 0 Å². The molecule has 1 aromatic carbocycles. The Hall–Kier alpha value is -1.84. The van der Waals surface area contributed by atoms with Crippen LogP contribution in [0.5, 0.6) is 5.75 Å². The second-order valence-corrected chi connectivity index (χ2v) is 6.67. The van der Waals surface area contributed by atoms with E-state index in [1.165, 1.54) is 0 Å². The summed E-state index contributed by atoms with van der Waals surface area (Å²) in [4.78, 5) is 12.3. The summed E-state index contributed by atoms with van der Waals surface area (Å²) in [5.41, 5.74) is -0.594. The quantitative estimate of drug-likeness (QED) is 0.624. The third-order valence-corrected chi connectivity index (χ3v) is 4.86. The van der Waals surface area contributed by atoms with E-state index in [2.05, 4.69) is 6.92 Å². The summed E-state index contributed by atoms with van der Waals surface area (Å²) in [6, 6.07) is 5.20. The first-order chi connectivity index (χ1) is 11.7. The van der Waals surface area contributed by atoms with Gasteiger partial charge in [0.25, 0.3) is 0 Å². The zero-order valence-corrected chi connectivity index (χ0v) is 14.3. The van der Waals surface area contributed by atoms with Gasteiger partial charge in [0.05, 0.1) is 6.61 Å². The summed E-state index contributed by atoms with van der Waals surface area (Å²) in [7, 11) is 0. The van der Waals surface area contributed by atoms with Gasteiger partial charge in [0.2, 0.25) is 0 Å². The summed E-state index contributed by atoms with van der Waals surface area (Å²) in [6.07, 6.45) is 8.65. The maximum atomic E-state index is 14.6. The van der Waals surface area contributed by atoms with Gasteiger partial charge in [-0.1, -0.05) is 45.1 Å². The first-order valence-electron chi connectivity index (χ1n) is 9.09. The molecule has 130 valence electrons. The number of unbranched alkanes of at least 4 members (excludes halogenated alkanes) is 3. The molecule has 0 atom stereocenters. The fourth-order valence-corrected chi connectivity index (χ4v) is 3.47. The van der Waals surface area contributed by atoms with Gasteiger partial charge in [0.15, 0.2) is 11.6 Å². The van der Waals surface area contributed by atoms with Crippen LogP contribution in [0.3, 0.4) is 0 Å². The average Bonchev–Trinajstić information content (AvgIpc) is 3.10. The molecule has 0 aliphatic heterocycles. The first kappa shape index (κ1) is 17.0. The van der Waals surface area contributed by atoms with Crippen molar-refractivity contribution in [3.63, 3.8) is 0 Å². The van der Waals surface area contributed by atoms with Crippen LogP contribution in [0.4, 0.5) is 4.39 Å². The Morgan fingerprint density at radius 3 is 2.75 bits per heavy atom. The Morgan fingerprint density at radius 1 is 1.21 bits per heavy atom. The van der Waals surface area contributed by atoms with Crippen LogP contribution in [0.1, 0.15) is 70.0 Å². The zero-order chi connectivity index (χ0) is 16.9. The normalized spacial score (nSPS) is 15.2. The Kier molecular flexibility index (Phi) is 5.54. The van der Waals surface area contributed by atoms with Gasteiger partial charge in [-0.05, 0) is 36.8 Å². The Labute approximate surface area is 141 Å². The molecule has 1 aliphatic rings. The number of fused-ring (bicyclic) bond motifs is 1. The maximum absolute atomic E-state index is 14.6. The van der Waals surface area contributed by atoms with E-state index in [-0.39, 0.29) is 11.1 Å². The van der Waals surface area contributed by atoms with Crippen molar-refractivity contribution in [3.8, 4) is 5.75 Å². The molecule has 0 saturated heterocycles. The number of halogens is 1. The molecule has 0 radical (unpaired) electrons. The van der Waals surface area contributed by atoms with E-state index in [4.69, 9.17) is 9.15 Å². The van der Waals surface area contributed by atoms with E-state index in [1.54, 1.807) is 12.1 Å². The van der Waals surface area contributed by atoms with Crippen molar-refractivity contribution in [1.82, 2.24) is 0 Å². The average molecular weight is 332 g/mol. The van der Waals surface area contributed by atoms with Crippen LogP contribution < -0.4 is 10.4 Å². The van der Waals surface area contributed by atoms with Crippen LogP contribution in [0.2, 0.25) is 0 Å². The largest absolute Gasteiger partial charge is 0.490 e. The SMILES string of the molecule is CCCCCCOc1ccc2cc(C3CCCC3)oc(=O)c2c1F. The Morgan fingerprint density at radius 2 is 2.00 bits per heavy atom. The monoisotopic (exact) mass is 332 g/mol. The third-order valence-electron chi connectivity index (χ3n) is 4.86. The van der Waals surface area contributed by atoms with Gasteiger partial charge < -0.3 is 9.15 Å². The molecule has 3 nitrogen and oxygen atoms in total. The number of rotatable bonds is 7. The molecule has 1 aromatic heterocycles. The van der Waals surface area contributed by atoms with Crippen molar-refractivity contribution in [2.45, 2.75) is 64.2 Å². The third kappa shape index (κ3) is 3.63. The highest BCUT2D eigenvalue weighted by atomic mass is 19.1. The van der Waals surface area contributed by atoms with E-state index >= 15 is 0 Å². The van der Waals surface area contributed by atoms with Crippen molar-refractivity contribution < 1.29 is 13.5 Å². The fraction of sp³-hybridized carbons (Fsp3) is 0.550. The van der Waals surface area contributed by atoms with Crippen molar-refractivity contribution in [3.05, 3.63) is 40.2 Å². The van der Waals surface area contributed by atoms with Crippen molar-refractivity contribution in [2.24, 2.45) is 0 Å². The lowest BCUT2D eigenvalue weighted by Crippen LogP contribution is -2.08. The van der Waals surface area contributed by atoms with Gasteiger partial charge >= 0.3 is 5.63 Å². The molecular weight excluding hydrogens is 307 g/mol. The number of ether oxygens (including phenoxy) is 1. The molecule has 1 heterocycles. The van der Waals surface area contributed by atoms with Crippen LogP contribution in [0.25, 0.3) is 10.8 Å². The molecule has 3 rings (SSSR count). The van der Waals surface area contributed by atoms with Gasteiger partial charge in [0, 0.05) is 5.92 Å². The molecule has 0 N–H and O–H groups in total. The second-order valence-electron chi connectivity index (χ2n) is 6.67. The number of hydrogen-bond donors (Lipinski definition) is 0. The summed E-state index contributed by atoms with van der Waals surface area (Å²) in [6.45, 7) is 2.61. The first-order valence-corrected chi connectivity index (χ1v) is 9.09. The molecule has 1 fully saturated rings. The highest BCUT2D eigenvalue weighted by Gasteiger charge is 2.22. The lowest BCUT2D eigenvalue weighted by atomic mass is 10.0. The van der Waals surface area contributed by atoms with Crippen molar-refractivity contribution in [1.29, 1.82) is 0 Å². The molecular formula is C20H25FO3. The van der Waals surface area contributed by atoms with E-state index in [1.807, 2.05) is 6.07 Å².